The van der Waals surface area contributed by atoms with Gasteiger partial charge in [0.15, 0.2) is 17.4 Å². The highest BCUT2D eigenvalue weighted by Gasteiger charge is 2.30. The van der Waals surface area contributed by atoms with Crippen LogP contribution in [0, 0.1) is 23.3 Å². The Kier molecular flexibility index (Phi) is 10.7. The zero-order valence-electron chi connectivity index (χ0n) is 30.9. The molecule has 0 saturated carbocycles. The molecule has 0 saturated heterocycles. The third-order valence-corrected chi connectivity index (χ3v) is 10.5. The Hall–Kier alpha value is -4.72. The van der Waals surface area contributed by atoms with Gasteiger partial charge in [-0.3, -0.25) is 0 Å². The topological polar surface area (TPSA) is 90.4 Å². The molecule has 0 amide bonds. The van der Waals surface area contributed by atoms with Crippen LogP contribution >= 0.6 is 0 Å². The van der Waals surface area contributed by atoms with Crippen LogP contribution < -0.4 is 10.1 Å². The first-order valence-corrected chi connectivity index (χ1v) is 21.2. The van der Waals surface area contributed by atoms with E-state index in [0.29, 0.717) is 42.0 Å². The molecule has 1 aliphatic heterocycles. The maximum Gasteiger partial charge on any atom is 0.334 e. The summed E-state index contributed by atoms with van der Waals surface area (Å²) in [7, 11) is -1.29. The number of halogens is 4. The molecule has 1 atom stereocenters. The van der Waals surface area contributed by atoms with Gasteiger partial charge in [-0.15, -0.1) is 0 Å². The van der Waals surface area contributed by atoms with Gasteiger partial charge in [0.1, 0.15) is 35.5 Å². The number of fused-ring (bicyclic) bond motifs is 2. The molecule has 53 heavy (non-hydrogen) atoms. The number of H-pyrrole nitrogens is 1. The lowest BCUT2D eigenvalue weighted by Crippen LogP contribution is -2.31. The van der Waals surface area contributed by atoms with Crippen LogP contribution in [-0.4, -0.2) is 47.3 Å². The quantitative estimate of drug-likeness (QED) is 0.0460. The Morgan fingerprint density at radius 1 is 1.04 bits per heavy atom. The molecule has 0 aliphatic carbocycles. The molecule has 6 rings (SSSR count). The summed E-state index contributed by atoms with van der Waals surface area (Å²) >= 11 is 0. The van der Waals surface area contributed by atoms with Gasteiger partial charge in [-0.2, -0.15) is 0 Å². The number of benzene rings is 3. The highest BCUT2D eigenvalue weighted by atomic mass is 28.3. The molecule has 2 aromatic heterocycles. The highest BCUT2D eigenvalue weighted by molar-refractivity contribution is 6.76. The van der Waals surface area contributed by atoms with Crippen LogP contribution in [0.15, 0.2) is 60.3 Å². The van der Waals surface area contributed by atoms with Gasteiger partial charge in [-0.1, -0.05) is 37.8 Å². The lowest BCUT2D eigenvalue weighted by atomic mass is 9.95. The van der Waals surface area contributed by atoms with Gasteiger partial charge in [0, 0.05) is 67.7 Å². The second-order valence-electron chi connectivity index (χ2n) is 15.5. The number of esters is 1. The molecule has 0 spiro atoms. The van der Waals surface area contributed by atoms with Crippen LogP contribution in [0.2, 0.25) is 25.7 Å². The minimum Gasteiger partial charge on any atom is -0.457 e. The van der Waals surface area contributed by atoms with E-state index in [1.54, 1.807) is 56.7 Å². The van der Waals surface area contributed by atoms with Crippen LogP contribution in [0.4, 0.5) is 17.6 Å². The largest absolute Gasteiger partial charge is 0.457 e. The van der Waals surface area contributed by atoms with Gasteiger partial charge >= 0.3 is 5.97 Å². The molecule has 3 heterocycles. The maximum atomic E-state index is 16.0. The van der Waals surface area contributed by atoms with Crippen LogP contribution in [-0.2, 0) is 27.4 Å². The number of hydrogen-bond donors (Lipinski definition) is 2. The third-order valence-electron chi connectivity index (χ3n) is 8.83. The van der Waals surface area contributed by atoms with E-state index in [4.69, 9.17) is 14.2 Å². The van der Waals surface area contributed by atoms with E-state index in [1.165, 1.54) is 30.3 Å². The summed E-state index contributed by atoms with van der Waals surface area (Å²) in [6.45, 7) is 14.8. The molecule has 0 bridgehead atoms. The molecule has 1 unspecified atom stereocenters. The van der Waals surface area contributed by atoms with E-state index in [2.05, 4.69) is 34.9 Å². The van der Waals surface area contributed by atoms with E-state index in [-0.39, 0.29) is 40.4 Å². The third kappa shape index (κ3) is 8.58. The van der Waals surface area contributed by atoms with Gasteiger partial charge in [0.2, 0.25) is 0 Å². The van der Waals surface area contributed by atoms with Crippen molar-refractivity contribution < 1.29 is 36.6 Å². The Labute approximate surface area is 307 Å². The summed E-state index contributed by atoms with van der Waals surface area (Å²) in [5, 5.41) is 3.45. The van der Waals surface area contributed by atoms with Crippen molar-refractivity contribution in [2.45, 2.75) is 78.2 Å². The van der Waals surface area contributed by atoms with Crippen molar-refractivity contribution in [3.63, 3.8) is 0 Å². The highest BCUT2D eigenvalue weighted by Crippen LogP contribution is 2.37. The van der Waals surface area contributed by atoms with Crippen molar-refractivity contribution in [2.75, 3.05) is 13.2 Å². The van der Waals surface area contributed by atoms with Crippen molar-refractivity contribution in [2.24, 2.45) is 0 Å². The number of nitrogens with zero attached hydrogens (tertiary/aromatic N) is 2. The fourth-order valence-electron chi connectivity index (χ4n) is 6.09. The number of nitrogens with one attached hydrogen (secondary N) is 2. The summed E-state index contributed by atoms with van der Waals surface area (Å²) in [5.74, 6) is -4.05. The molecule has 8 nitrogen and oxygen atoms in total. The number of aromatic nitrogens is 3. The summed E-state index contributed by atoms with van der Waals surface area (Å²) in [6.07, 6.45) is 3.58. The van der Waals surface area contributed by atoms with E-state index in [9.17, 15) is 4.79 Å². The maximum absolute atomic E-state index is 16.0. The Morgan fingerprint density at radius 2 is 1.81 bits per heavy atom. The minimum atomic E-state index is -1.29. The number of carbonyl (C=O) groups excluding carboxylic acids is 1. The second kappa shape index (κ2) is 15.0. The van der Waals surface area contributed by atoms with Crippen LogP contribution in [0.5, 0.6) is 11.5 Å². The molecule has 1 aliphatic rings. The van der Waals surface area contributed by atoms with Gasteiger partial charge < -0.3 is 29.1 Å². The summed E-state index contributed by atoms with van der Waals surface area (Å²) in [4.78, 5) is 20.4. The molecular formula is C40H44F4N4O4Si. The normalized spacial score (nSPS) is 15.2. The first-order valence-electron chi connectivity index (χ1n) is 17.5. The monoisotopic (exact) mass is 748 g/mol. The Morgan fingerprint density at radius 3 is 2.55 bits per heavy atom. The minimum absolute atomic E-state index is 0.00399. The van der Waals surface area contributed by atoms with Gasteiger partial charge in [-0.25, -0.2) is 27.3 Å². The molecular weight excluding hydrogens is 705 g/mol. The van der Waals surface area contributed by atoms with Crippen LogP contribution in [0.25, 0.3) is 28.4 Å². The molecule has 0 radical (unpaired) electrons. The van der Waals surface area contributed by atoms with Crippen molar-refractivity contribution in [3.8, 4) is 22.9 Å². The first-order chi connectivity index (χ1) is 25.0. The van der Waals surface area contributed by atoms with Crippen molar-refractivity contribution in [1.82, 2.24) is 19.9 Å². The summed E-state index contributed by atoms with van der Waals surface area (Å²) < 4.78 is 81.0. The van der Waals surface area contributed by atoms with Crippen LogP contribution in [0.3, 0.4) is 0 Å². The Balaban J connectivity index is 1.25. The molecule has 2 N–H and O–H groups in total. The number of hydrogen-bond acceptors (Lipinski definition) is 6. The number of imidazole rings is 1. The van der Waals surface area contributed by atoms with Gasteiger partial charge in [-0.05, 0) is 64.1 Å². The fraction of sp³-hybridized carbons (Fsp3) is 0.350. The smallest absolute Gasteiger partial charge is 0.334 e. The number of carbonyl (C=O) groups is 1. The molecule has 5 aromatic rings. The summed E-state index contributed by atoms with van der Waals surface area (Å²) in [6, 6.07) is 11.6. The van der Waals surface area contributed by atoms with E-state index in [1.807, 2.05) is 0 Å². The van der Waals surface area contributed by atoms with Crippen LogP contribution in [0.1, 0.15) is 56.3 Å². The molecule has 13 heteroatoms. The zero-order valence-corrected chi connectivity index (χ0v) is 31.9. The van der Waals surface area contributed by atoms with Crippen molar-refractivity contribution in [3.05, 3.63) is 106 Å². The van der Waals surface area contributed by atoms with Gasteiger partial charge in [0.25, 0.3) is 0 Å². The SMILES string of the molecule is C/C(=C\c1cccc(C2NCCc3[nH]c(-c4cc(Oc5c(F)cc6c(ccn6COCC[Si](C)(C)C)c5F)ccc4F)nc32)c1F)C(=O)OC(C)(C)C. The predicted molar refractivity (Wildman–Crippen MR) is 199 cm³/mol. The standard InChI is InChI=1S/C40H44F4N4O4Si/c1-23(39(49)52-40(2,3)4)19-24-9-8-10-27(33(24)43)35-36-31(13-15-45-35)46-38(47-36)28-20-25(11-12-29(28)41)51-37-30(42)21-32-26(34(37)44)14-16-48(32)22-50-17-18-53(5,6)7/h8-12,14,16,19-21,35,45H,13,15,17-18,22H2,1-7H3,(H,46,47)/b23-19+. The zero-order chi connectivity index (χ0) is 38.2. The van der Waals surface area contributed by atoms with Crippen molar-refractivity contribution in [1.29, 1.82) is 0 Å². The van der Waals surface area contributed by atoms with E-state index >= 15 is 17.6 Å². The number of ether oxygens (including phenoxy) is 3. The van der Waals surface area contributed by atoms with Gasteiger partial charge in [0.05, 0.1) is 22.8 Å². The predicted octanol–water partition coefficient (Wildman–Crippen LogP) is 9.67. The van der Waals surface area contributed by atoms with Crippen molar-refractivity contribution >= 4 is 31.0 Å². The second-order valence-corrected chi connectivity index (χ2v) is 21.1. The lowest BCUT2D eigenvalue weighted by molar-refractivity contribution is -0.149. The lowest BCUT2D eigenvalue weighted by Gasteiger charge is -2.24. The fourth-order valence-corrected chi connectivity index (χ4v) is 6.84. The molecule has 280 valence electrons. The Bertz CT molecular complexity index is 2200. The molecule has 3 aromatic carbocycles. The van der Waals surface area contributed by atoms with E-state index in [0.717, 1.165) is 12.1 Å². The average molecular weight is 749 g/mol. The number of rotatable bonds is 11. The number of aromatic amines is 1. The first kappa shape index (κ1) is 38.0. The molecule has 0 fully saturated rings. The van der Waals surface area contributed by atoms with E-state index < -0.39 is 54.7 Å². The summed E-state index contributed by atoms with van der Waals surface area (Å²) in [5.41, 5.74) is 1.50. The average Bonchev–Trinajstić information content (AvgIpc) is 3.70.